The van der Waals surface area contributed by atoms with Gasteiger partial charge in [0.2, 0.25) is 5.91 Å². The molecule has 0 aliphatic carbocycles. The lowest BCUT2D eigenvalue weighted by Gasteiger charge is -2.08. The molecule has 0 radical (unpaired) electrons. The quantitative estimate of drug-likeness (QED) is 0.373. The summed E-state index contributed by atoms with van der Waals surface area (Å²) in [6, 6.07) is 22.6. The molecule has 0 aliphatic rings. The number of rotatable bonds is 8. The van der Waals surface area contributed by atoms with Crippen molar-refractivity contribution in [3.63, 3.8) is 0 Å². The summed E-state index contributed by atoms with van der Waals surface area (Å²) in [4.78, 5) is 11.9. The van der Waals surface area contributed by atoms with Gasteiger partial charge in [-0.3, -0.25) is 4.79 Å². The van der Waals surface area contributed by atoms with Crippen molar-refractivity contribution in [1.29, 1.82) is 0 Å². The van der Waals surface area contributed by atoms with Crippen LogP contribution < -0.4 is 10.2 Å². The Morgan fingerprint density at radius 1 is 1.00 bits per heavy atom. The molecule has 3 aromatic carbocycles. The van der Waals surface area contributed by atoms with E-state index in [-0.39, 0.29) is 5.91 Å². The van der Waals surface area contributed by atoms with Gasteiger partial charge in [0, 0.05) is 22.0 Å². The third-order valence-corrected chi connectivity index (χ3v) is 4.76. The van der Waals surface area contributed by atoms with Crippen LogP contribution in [-0.4, -0.2) is 12.1 Å². The number of hydrogen-bond donors (Lipinski definition) is 1. The van der Waals surface area contributed by atoms with Crippen LogP contribution in [0.3, 0.4) is 0 Å². The lowest BCUT2D eigenvalue weighted by Crippen LogP contribution is -2.17. The van der Waals surface area contributed by atoms with Crippen LogP contribution in [0.2, 0.25) is 10.0 Å². The van der Waals surface area contributed by atoms with E-state index in [1.165, 1.54) is 0 Å². The Hall–Kier alpha value is -2.82. The minimum Gasteiger partial charge on any atom is -0.489 e. The maximum absolute atomic E-state index is 11.9. The molecule has 3 aromatic rings. The van der Waals surface area contributed by atoms with Gasteiger partial charge in [0.05, 0.1) is 6.21 Å². The fourth-order valence-corrected chi connectivity index (χ4v) is 3.05. The van der Waals surface area contributed by atoms with E-state index in [1.807, 2.05) is 60.7 Å². The lowest BCUT2D eigenvalue weighted by atomic mass is 10.1. The summed E-state index contributed by atoms with van der Waals surface area (Å²) < 4.78 is 5.74. The van der Waals surface area contributed by atoms with Crippen molar-refractivity contribution < 1.29 is 9.53 Å². The van der Waals surface area contributed by atoms with Crippen LogP contribution in [0.1, 0.15) is 23.1 Å². The Morgan fingerprint density at radius 3 is 2.48 bits per heavy atom. The predicted molar refractivity (Wildman–Crippen MR) is 118 cm³/mol. The van der Waals surface area contributed by atoms with E-state index in [2.05, 4.69) is 10.5 Å². The summed E-state index contributed by atoms with van der Waals surface area (Å²) in [5, 5.41) is 5.17. The van der Waals surface area contributed by atoms with E-state index < -0.39 is 0 Å². The van der Waals surface area contributed by atoms with Gasteiger partial charge >= 0.3 is 0 Å². The number of carbonyl (C=O) groups excluding carboxylic acids is 1. The molecule has 0 unspecified atom stereocenters. The average molecular weight is 427 g/mol. The third kappa shape index (κ3) is 6.93. The monoisotopic (exact) mass is 426 g/mol. The van der Waals surface area contributed by atoms with Gasteiger partial charge in [0.15, 0.2) is 0 Å². The summed E-state index contributed by atoms with van der Waals surface area (Å²) >= 11 is 12.0. The summed E-state index contributed by atoms with van der Waals surface area (Å²) in [6.07, 6.45) is 2.67. The first-order valence-electron chi connectivity index (χ1n) is 9.13. The lowest BCUT2D eigenvalue weighted by molar-refractivity contribution is -0.121. The van der Waals surface area contributed by atoms with Crippen LogP contribution in [0, 0.1) is 0 Å². The number of hydrazone groups is 1. The molecule has 0 fully saturated rings. The molecule has 6 heteroatoms. The second-order valence-electron chi connectivity index (χ2n) is 6.37. The molecule has 0 heterocycles. The molecule has 1 N–H and O–H groups in total. The maximum atomic E-state index is 11.9. The first kappa shape index (κ1) is 20.9. The largest absolute Gasteiger partial charge is 0.489 e. The predicted octanol–water partition coefficient (Wildman–Crippen LogP) is 5.66. The van der Waals surface area contributed by atoms with Crippen LogP contribution in [-0.2, 0) is 17.8 Å². The minimum absolute atomic E-state index is 0.120. The SMILES string of the molecule is O=C(CCc1ccccc1)NN=Cc1ccc(OCc2ccc(Cl)cc2Cl)cc1. The summed E-state index contributed by atoms with van der Waals surface area (Å²) in [7, 11) is 0. The molecule has 0 bridgehead atoms. The highest BCUT2D eigenvalue weighted by atomic mass is 35.5. The molecule has 148 valence electrons. The molecule has 0 atom stereocenters. The van der Waals surface area contributed by atoms with Gasteiger partial charge in [-0.05, 0) is 53.9 Å². The van der Waals surface area contributed by atoms with E-state index in [0.29, 0.717) is 35.2 Å². The number of nitrogens with one attached hydrogen (secondary N) is 1. The van der Waals surface area contributed by atoms with Crippen molar-refractivity contribution in [2.24, 2.45) is 5.10 Å². The molecule has 0 saturated carbocycles. The molecule has 1 amide bonds. The van der Waals surface area contributed by atoms with Gasteiger partial charge < -0.3 is 4.74 Å². The van der Waals surface area contributed by atoms with E-state index in [4.69, 9.17) is 27.9 Å². The van der Waals surface area contributed by atoms with E-state index in [1.54, 1.807) is 18.3 Å². The van der Waals surface area contributed by atoms with Crippen molar-refractivity contribution >= 4 is 35.3 Å². The molecular weight excluding hydrogens is 407 g/mol. The van der Waals surface area contributed by atoms with Gasteiger partial charge in [-0.15, -0.1) is 0 Å². The van der Waals surface area contributed by atoms with Gasteiger partial charge in [-0.2, -0.15) is 5.10 Å². The molecule has 0 saturated heterocycles. The van der Waals surface area contributed by atoms with Crippen molar-refractivity contribution in [2.45, 2.75) is 19.4 Å². The Balaban J connectivity index is 1.44. The maximum Gasteiger partial charge on any atom is 0.240 e. The number of amides is 1. The zero-order valence-electron chi connectivity index (χ0n) is 15.6. The average Bonchev–Trinajstić information content (AvgIpc) is 2.73. The fourth-order valence-electron chi connectivity index (χ4n) is 2.59. The number of hydrogen-bond acceptors (Lipinski definition) is 3. The van der Waals surface area contributed by atoms with Crippen LogP contribution in [0.5, 0.6) is 5.75 Å². The third-order valence-electron chi connectivity index (χ3n) is 4.18. The normalized spacial score (nSPS) is 10.8. The van der Waals surface area contributed by atoms with Crippen molar-refractivity contribution in [3.8, 4) is 5.75 Å². The zero-order chi connectivity index (χ0) is 20.5. The zero-order valence-corrected chi connectivity index (χ0v) is 17.2. The van der Waals surface area contributed by atoms with Crippen LogP contribution in [0.25, 0.3) is 0 Å². The Morgan fingerprint density at radius 2 is 1.76 bits per heavy atom. The standard InChI is InChI=1S/C23H20Cl2N2O2/c24-20-10-9-19(22(25)14-20)16-29-21-11-6-18(7-12-21)15-26-27-23(28)13-8-17-4-2-1-3-5-17/h1-7,9-12,14-15H,8,13,16H2,(H,27,28). The first-order valence-corrected chi connectivity index (χ1v) is 9.88. The van der Waals surface area contributed by atoms with E-state index in [0.717, 1.165) is 16.7 Å². The second kappa shape index (κ2) is 10.6. The highest BCUT2D eigenvalue weighted by Gasteiger charge is 2.03. The molecule has 3 rings (SSSR count). The number of halogens is 2. The van der Waals surface area contributed by atoms with Crippen LogP contribution >= 0.6 is 23.2 Å². The highest BCUT2D eigenvalue weighted by Crippen LogP contribution is 2.22. The molecule has 0 spiro atoms. The first-order chi connectivity index (χ1) is 14.1. The Bertz CT molecular complexity index is 974. The number of benzene rings is 3. The van der Waals surface area contributed by atoms with Crippen LogP contribution in [0.4, 0.5) is 0 Å². The van der Waals surface area contributed by atoms with Gasteiger partial charge in [0.1, 0.15) is 12.4 Å². The van der Waals surface area contributed by atoms with Crippen molar-refractivity contribution in [2.75, 3.05) is 0 Å². The van der Waals surface area contributed by atoms with E-state index >= 15 is 0 Å². The number of nitrogens with zero attached hydrogens (tertiary/aromatic N) is 1. The highest BCUT2D eigenvalue weighted by molar-refractivity contribution is 6.35. The molecule has 0 aromatic heterocycles. The van der Waals surface area contributed by atoms with Crippen molar-refractivity contribution in [1.82, 2.24) is 5.43 Å². The molecule has 29 heavy (non-hydrogen) atoms. The molecule has 4 nitrogen and oxygen atoms in total. The van der Waals surface area contributed by atoms with Gasteiger partial charge in [-0.1, -0.05) is 59.6 Å². The van der Waals surface area contributed by atoms with Gasteiger partial charge in [-0.25, -0.2) is 5.43 Å². The smallest absolute Gasteiger partial charge is 0.240 e. The van der Waals surface area contributed by atoms with Crippen LogP contribution in [0.15, 0.2) is 77.9 Å². The summed E-state index contributed by atoms with van der Waals surface area (Å²) in [5.41, 5.74) is 5.39. The summed E-state index contributed by atoms with van der Waals surface area (Å²) in [5.74, 6) is 0.588. The Labute approximate surface area is 180 Å². The molecular formula is C23H20Cl2N2O2. The Kier molecular flexibility index (Phi) is 7.68. The second-order valence-corrected chi connectivity index (χ2v) is 7.22. The number of carbonyl (C=O) groups is 1. The topological polar surface area (TPSA) is 50.7 Å². The minimum atomic E-state index is -0.120. The van der Waals surface area contributed by atoms with E-state index in [9.17, 15) is 4.79 Å². The van der Waals surface area contributed by atoms with Gasteiger partial charge in [0.25, 0.3) is 0 Å². The number of ether oxygens (including phenoxy) is 1. The molecule has 0 aliphatic heterocycles. The number of aryl methyl sites for hydroxylation is 1. The summed E-state index contributed by atoms with van der Waals surface area (Å²) in [6.45, 7) is 0.348. The van der Waals surface area contributed by atoms with Crippen molar-refractivity contribution in [3.05, 3.63) is 99.5 Å². The fraction of sp³-hybridized carbons (Fsp3) is 0.130.